The minimum atomic E-state index is 0.729. The summed E-state index contributed by atoms with van der Waals surface area (Å²) in [5, 5.41) is 11.6. The highest BCUT2D eigenvalue weighted by Gasteiger charge is 2.02. The first-order valence-electron chi connectivity index (χ1n) is 6.85. The van der Waals surface area contributed by atoms with Gasteiger partial charge in [-0.1, -0.05) is 26.0 Å². The number of rotatable bonds is 6. The molecule has 0 atom stereocenters. The van der Waals surface area contributed by atoms with E-state index in [1.165, 1.54) is 12.1 Å². The number of hydrogen-bond donors (Lipinski definition) is 0. The maximum atomic E-state index is 4.22. The molecular weight excluding hydrogens is 250 g/mol. The first kappa shape index (κ1) is 14.2. The van der Waals surface area contributed by atoms with E-state index in [1.807, 2.05) is 0 Å². The van der Waals surface area contributed by atoms with Crippen LogP contribution in [0.5, 0.6) is 0 Å². The molecule has 106 valence electrons. The standard InChI is InChI=1S/C15H21N5/c1-13(2)8-9-19(3)15-6-4-14(5-7-15)10-18-20-11-16-17-12-20/h4-7,10-13H,8-9H2,1-3H3/b18-10+. The number of nitrogens with zero attached hydrogens (tertiary/aromatic N) is 5. The van der Waals surface area contributed by atoms with Gasteiger partial charge in [-0.25, -0.2) is 4.68 Å². The Hall–Kier alpha value is -2.17. The average molecular weight is 271 g/mol. The van der Waals surface area contributed by atoms with Gasteiger partial charge in [0, 0.05) is 19.3 Å². The Morgan fingerprint density at radius 2 is 1.85 bits per heavy atom. The maximum absolute atomic E-state index is 4.22. The average Bonchev–Trinajstić information content (AvgIpc) is 2.96. The minimum Gasteiger partial charge on any atom is -0.375 e. The third kappa shape index (κ3) is 4.19. The van der Waals surface area contributed by atoms with Gasteiger partial charge in [-0.15, -0.1) is 10.2 Å². The Labute approximate surface area is 119 Å². The van der Waals surface area contributed by atoms with Crippen molar-refractivity contribution < 1.29 is 0 Å². The normalized spacial score (nSPS) is 11.4. The number of benzene rings is 1. The molecule has 0 spiro atoms. The lowest BCUT2D eigenvalue weighted by molar-refractivity contribution is 0.585. The largest absolute Gasteiger partial charge is 0.375 e. The fraction of sp³-hybridized carbons (Fsp3) is 0.400. The smallest absolute Gasteiger partial charge is 0.141 e. The number of anilines is 1. The van der Waals surface area contributed by atoms with Crippen LogP contribution in [-0.4, -0.2) is 34.7 Å². The highest BCUT2D eigenvalue weighted by Crippen LogP contribution is 2.14. The predicted octanol–water partition coefficient (Wildman–Crippen LogP) is 2.64. The van der Waals surface area contributed by atoms with Gasteiger partial charge in [-0.3, -0.25) is 0 Å². The second-order valence-corrected chi connectivity index (χ2v) is 5.28. The van der Waals surface area contributed by atoms with E-state index < -0.39 is 0 Å². The molecule has 20 heavy (non-hydrogen) atoms. The lowest BCUT2D eigenvalue weighted by Gasteiger charge is -2.20. The zero-order chi connectivity index (χ0) is 14.4. The highest BCUT2D eigenvalue weighted by atomic mass is 15.4. The fourth-order valence-electron chi connectivity index (χ4n) is 1.78. The van der Waals surface area contributed by atoms with Gasteiger partial charge < -0.3 is 4.90 Å². The van der Waals surface area contributed by atoms with Gasteiger partial charge in [-0.2, -0.15) is 5.10 Å². The monoisotopic (exact) mass is 271 g/mol. The molecule has 0 saturated carbocycles. The first-order valence-corrected chi connectivity index (χ1v) is 6.85. The Bertz CT molecular complexity index is 528. The molecule has 0 aliphatic rings. The molecule has 1 aromatic carbocycles. The Morgan fingerprint density at radius 3 is 2.45 bits per heavy atom. The molecular formula is C15H21N5. The maximum Gasteiger partial charge on any atom is 0.141 e. The van der Waals surface area contributed by atoms with Crippen molar-refractivity contribution in [3.63, 3.8) is 0 Å². The molecule has 0 unspecified atom stereocenters. The van der Waals surface area contributed by atoms with Gasteiger partial charge in [0.25, 0.3) is 0 Å². The van der Waals surface area contributed by atoms with Crippen molar-refractivity contribution in [2.75, 3.05) is 18.5 Å². The zero-order valence-electron chi connectivity index (χ0n) is 12.3. The van der Waals surface area contributed by atoms with Crippen molar-refractivity contribution in [3.05, 3.63) is 42.5 Å². The van der Waals surface area contributed by atoms with Crippen LogP contribution in [0.3, 0.4) is 0 Å². The number of hydrogen-bond acceptors (Lipinski definition) is 4. The van der Waals surface area contributed by atoms with Crippen molar-refractivity contribution in [3.8, 4) is 0 Å². The van der Waals surface area contributed by atoms with Crippen molar-refractivity contribution >= 4 is 11.9 Å². The van der Waals surface area contributed by atoms with Crippen LogP contribution in [0.25, 0.3) is 0 Å². The summed E-state index contributed by atoms with van der Waals surface area (Å²) in [6, 6.07) is 8.37. The molecule has 0 N–H and O–H groups in total. The summed E-state index contributed by atoms with van der Waals surface area (Å²) >= 11 is 0. The summed E-state index contributed by atoms with van der Waals surface area (Å²) in [6.45, 7) is 5.57. The van der Waals surface area contributed by atoms with E-state index in [9.17, 15) is 0 Å². The van der Waals surface area contributed by atoms with Gasteiger partial charge in [0.1, 0.15) is 12.7 Å². The summed E-state index contributed by atoms with van der Waals surface area (Å²) < 4.78 is 1.57. The minimum absolute atomic E-state index is 0.729. The van der Waals surface area contributed by atoms with E-state index in [4.69, 9.17) is 0 Å². The molecule has 0 amide bonds. The van der Waals surface area contributed by atoms with Crippen molar-refractivity contribution in [1.82, 2.24) is 14.9 Å². The summed E-state index contributed by atoms with van der Waals surface area (Å²) in [5.41, 5.74) is 2.28. The SMILES string of the molecule is CC(C)CCN(C)c1ccc(/C=N/n2cnnc2)cc1. The van der Waals surface area contributed by atoms with E-state index >= 15 is 0 Å². The molecule has 1 heterocycles. The topological polar surface area (TPSA) is 46.3 Å². The van der Waals surface area contributed by atoms with Crippen molar-refractivity contribution in [2.45, 2.75) is 20.3 Å². The lowest BCUT2D eigenvalue weighted by atomic mass is 10.1. The summed E-state index contributed by atoms with van der Waals surface area (Å²) in [6.07, 6.45) is 6.11. The Kier molecular flexibility index (Phi) is 4.87. The van der Waals surface area contributed by atoms with E-state index in [1.54, 1.807) is 23.5 Å². The summed E-state index contributed by atoms with van der Waals surface area (Å²) in [5.74, 6) is 0.729. The van der Waals surface area contributed by atoms with E-state index in [0.717, 1.165) is 18.0 Å². The molecule has 0 aliphatic heterocycles. The van der Waals surface area contributed by atoms with Gasteiger partial charge in [0.2, 0.25) is 0 Å². The van der Waals surface area contributed by atoms with Crippen LogP contribution < -0.4 is 4.90 Å². The molecule has 0 saturated heterocycles. The first-order chi connectivity index (χ1) is 9.65. The van der Waals surface area contributed by atoms with Crippen molar-refractivity contribution in [2.24, 2.45) is 11.0 Å². The molecule has 2 rings (SSSR count). The molecule has 5 heteroatoms. The summed E-state index contributed by atoms with van der Waals surface area (Å²) in [4.78, 5) is 2.28. The van der Waals surface area contributed by atoms with E-state index in [-0.39, 0.29) is 0 Å². The quantitative estimate of drug-likeness (QED) is 0.759. The highest BCUT2D eigenvalue weighted by molar-refractivity contribution is 5.80. The van der Waals surface area contributed by atoms with Gasteiger partial charge in [0.05, 0.1) is 6.21 Å². The molecule has 1 aromatic heterocycles. The van der Waals surface area contributed by atoms with Crippen LogP contribution in [0.1, 0.15) is 25.8 Å². The van der Waals surface area contributed by atoms with Crippen LogP contribution >= 0.6 is 0 Å². The Balaban J connectivity index is 1.95. The second-order valence-electron chi connectivity index (χ2n) is 5.28. The van der Waals surface area contributed by atoms with Crippen LogP contribution in [-0.2, 0) is 0 Å². The molecule has 2 aromatic rings. The van der Waals surface area contributed by atoms with Crippen LogP contribution in [0.2, 0.25) is 0 Å². The second kappa shape index (κ2) is 6.84. The lowest BCUT2D eigenvalue weighted by Crippen LogP contribution is -2.19. The van der Waals surface area contributed by atoms with Crippen LogP contribution in [0.15, 0.2) is 42.0 Å². The van der Waals surface area contributed by atoms with Crippen LogP contribution in [0.4, 0.5) is 5.69 Å². The molecule has 0 radical (unpaired) electrons. The van der Waals surface area contributed by atoms with Gasteiger partial charge >= 0.3 is 0 Å². The third-order valence-electron chi connectivity index (χ3n) is 3.12. The molecule has 5 nitrogen and oxygen atoms in total. The predicted molar refractivity (Wildman–Crippen MR) is 82.2 cm³/mol. The molecule has 0 bridgehead atoms. The molecule has 0 aliphatic carbocycles. The van der Waals surface area contributed by atoms with Crippen LogP contribution in [0, 0.1) is 5.92 Å². The van der Waals surface area contributed by atoms with Gasteiger partial charge in [0.15, 0.2) is 0 Å². The Morgan fingerprint density at radius 1 is 1.20 bits per heavy atom. The molecule has 0 fully saturated rings. The summed E-state index contributed by atoms with van der Waals surface area (Å²) in [7, 11) is 2.13. The van der Waals surface area contributed by atoms with Crippen molar-refractivity contribution in [1.29, 1.82) is 0 Å². The van der Waals surface area contributed by atoms with Gasteiger partial charge in [-0.05, 0) is 30.0 Å². The zero-order valence-corrected chi connectivity index (χ0v) is 12.3. The van der Waals surface area contributed by atoms with E-state index in [2.05, 4.69) is 65.4 Å². The number of aromatic nitrogens is 3. The fourth-order valence-corrected chi connectivity index (χ4v) is 1.78. The van der Waals surface area contributed by atoms with E-state index in [0.29, 0.717) is 0 Å². The third-order valence-corrected chi connectivity index (χ3v) is 3.12.